The van der Waals surface area contributed by atoms with Crippen LogP contribution in [0.4, 0.5) is 27.2 Å². The van der Waals surface area contributed by atoms with E-state index in [4.69, 9.17) is 23.1 Å². The van der Waals surface area contributed by atoms with E-state index in [0.717, 1.165) is 34.4 Å². The van der Waals surface area contributed by atoms with Crippen LogP contribution in [0.1, 0.15) is 101 Å². The van der Waals surface area contributed by atoms with Gasteiger partial charge in [-0.05, 0) is 171 Å². The SMILES string of the molecule is CC(C)(C)OC(=O)N1C(=O)CC[C@@H]1[C@@H](O[Si](C)(C)C)[C@H](Cc1cc(F)cc(F)c1)N(Cc1ccccc1)Cc1ccccc1.COC1CC[C@H]([C@@H](O[Si](C)(C)C)[C@H](Cc2cc(F)cc(F)c2)N(Cc2ccccc2)Cc2ccccc2)N1C(=O)OC(C)(C)C. The Balaban J connectivity index is 0.000000254. The van der Waals surface area contributed by atoms with E-state index >= 15 is 0 Å². The summed E-state index contributed by atoms with van der Waals surface area (Å²) in [5.74, 6) is -2.89. The number of methoxy groups -OCH3 is 1. The number of ether oxygens (including phenoxy) is 3. The lowest BCUT2D eigenvalue weighted by atomic mass is 9.92. The van der Waals surface area contributed by atoms with E-state index in [-0.39, 0.29) is 24.8 Å². The monoisotopic (exact) mass is 1260 g/mol. The average molecular weight is 1260 g/mol. The van der Waals surface area contributed by atoms with Crippen molar-refractivity contribution in [2.24, 2.45) is 0 Å². The van der Waals surface area contributed by atoms with Gasteiger partial charge in [-0.3, -0.25) is 19.5 Å². The molecule has 2 heterocycles. The molecule has 2 fully saturated rings. The Hall–Kier alpha value is -6.52. The number of carbonyl (C=O) groups is 3. The maximum absolute atomic E-state index is 14.6. The lowest BCUT2D eigenvalue weighted by Crippen LogP contribution is -2.59. The van der Waals surface area contributed by atoms with Crippen molar-refractivity contribution in [1.82, 2.24) is 19.6 Å². The molecule has 0 aromatic heterocycles. The van der Waals surface area contributed by atoms with Crippen molar-refractivity contribution in [1.29, 1.82) is 0 Å². The molecule has 3 amide bonds. The van der Waals surface area contributed by atoms with Gasteiger partial charge in [0.05, 0.1) is 24.3 Å². The molecule has 2 aliphatic rings. The molecule has 0 spiro atoms. The van der Waals surface area contributed by atoms with Crippen LogP contribution in [0.5, 0.6) is 0 Å². The van der Waals surface area contributed by atoms with Crippen LogP contribution in [-0.2, 0) is 66.9 Å². The molecule has 0 bridgehead atoms. The van der Waals surface area contributed by atoms with Crippen molar-refractivity contribution < 1.29 is 55.0 Å². The van der Waals surface area contributed by atoms with Crippen LogP contribution >= 0.6 is 0 Å². The number of benzene rings is 6. The topological polar surface area (TPSA) is 110 Å². The Bertz CT molecular complexity index is 3100. The van der Waals surface area contributed by atoms with Crippen molar-refractivity contribution in [2.45, 2.75) is 199 Å². The Morgan fingerprint density at radius 3 is 1.16 bits per heavy atom. The van der Waals surface area contributed by atoms with Gasteiger partial charge < -0.3 is 23.1 Å². The second-order valence-electron chi connectivity index (χ2n) is 27.3. The Labute approximate surface area is 527 Å². The lowest BCUT2D eigenvalue weighted by molar-refractivity contribution is -0.130. The summed E-state index contributed by atoms with van der Waals surface area (Å²) in [5.41, 5.74) is 3.79. The van der Waals surface area contributed by atoms with Gasteiger partial charge >= 0.3 is 12.2 Å². The summed E-state index contributed by atoms with van der Waals surface area (Å²) in [5, 5.41) is 0. The van der Waals surface area contributed by atoms with Crippen LogP contribution in [0.2, 0.25) is 39.3 Å². The van der Waals surface area contributed by atoms with E-state index in [1.165, 1.54) is 29.2 Å². The van der Waals surface area contributed by atoms with E-state index in [2.05, 4.69) is 73.3 Å². The minimum atomic E-state index is -2.32. The highest BCUT2D eigenvalue weighted by atomic mass is 28.4. The zero-order chi connectivity index (χ0) is 64.8. The van der Waals surface area contributed by atoms with Crippen molar-refractivity contribution >= 4 is 34.7 Å². The van der Waals surface area contributed by atoms with Gasteiger partial charge in [-0.1, -0.05) is 121 Å². The van der Waals surface area contributed by atoms with Crippen molar-refractivity contribution in [3.05, 3.63) is 214 Å². The van der Waals surface area contributed by atoms with Crippen LogP contribution in [0.25, 0.3) is 0 Å². The predicted octanol–water partition coefficient (Wildman–Crippen LogP) is 15.9. The molecule has 6 aromatic rings. The lowest BCUT2D eigenvalue weighted by Gasteiger charge is -2.45. The molecule has 480 valence electrons. The van der Waals surface area contributed by atoms with Crippen molar-refractivity contribution in [3.8, 4) is 0 Å². The van der Waals surface area contributed by atoms with Crippen molar-refractivity contribution in [2.75, 3.05) is 7.11 Å². The molecular formula is C71H92F4N4O8Si2. The Morgan fingerprint density at radius 2 is 0.831 bits per heavy atom. The zero-order valence-corrected chi connectivity index (χ0v) is 56.2. The third kappa shape index (κ3) is 21.9. The normalized spacial score (nSPS) is 17.9. The number of carbonyl (C=O) groups excluding carboxylic acids is 3. The molecule has 8 rings (SSSR count). The first-order valence-corrected chi connectivity index (χ1v) is 37.7. The highest BCUT2D eigenvalue weighted by Crippen LogP contribution is 2.37. The molecule has 0 saturated carbocycles. The van der Waals surface area contributed by atoms with E-state index in [1.54, 1.807) is 32.8 Å². The molecule has 2 aliphatic heterocycles. The highest BCUT2D eigenvalue weighted by Gasteiger charge is 2.50. The smallest absolute Gasteiger partial charge is 0.417 e. The van der Waals surface area contributed by atoms with Crippen LogP contribution in [0, 0.1) is 23.3 Å². The van der Waals surface area contributed by atoms with E-state index in [0.29, 0.717) is 63.0 Å². The number of nitrogens with zero attached hydrogens (tertiary/aromatic N) is 4. The summed E-state index contributed by atoms with van der Waals surface area (Å²) in [7, 11) is -2.97. The summed E-state index contributed by atoms with van der Waals surface area (Å²) in [6.07, 6.45) is -0.466. The fraction of sp³-hybridized carbons (Fsp3) is 0.451. The summed E-state index contributed by atoms with van der Waals surface area (Å²) >= 11 is 0. The largest absolute Gasteiger partial charge is 0.444 e. The van der Waals surface area contributed by atoms with E-state index < -0.39 is 99.9 Å². The number of hydrogen-bond acceptors (Lipinski definition) is 10. The van der Waals surface area contributed by atoms with E-state index in [9.17, 15) is 31.9 Å². The molecule has 0 aliphatic carbocycles. The molecule has 0 N–H and O–H groups in total. The summed E-state index contributed by atoms with van der Waals surface area (Å²) < 4.78 is 89.7. The number of hydrogen-bond donors (Lipinski definition) is 0. The van der Waals surface area contributed by atoms with Gasteiger partial charge in [0.25, 0.3) is 0 Å². The second kappa shape index (κ2) is 31.0. The zero-order valence-electron chi connectivity index (χ0n) is 54.2. The summed E-state index contributed by atoms with van der Waals surface area (Å²) in [4.78, 5) is 48.1. The summed E-state index contributed by atoms with van der Waals surface area (Å²) in [6, 6.07) is 45.6. The molecule has 18 heteroatoms. The number of rotatable bonds is 23. The molecule has 6 aromatic carbocycles. The van der Waals surface area contributed by atoms with Gasteiger partial charge in [0, 0.05) is 63.9 Å². The fourth-order valence-corrected chi connectivity index (χ4v) is 14.1. The molecule has 89 heavy (non-hydrogen) atoms. The number of likely N-dealkylation sites (tertiary alicyclic amines) is 2. The number of halogens is 4. The first-order chi connectivity index (χ1) is 41.9. The van der Waals surface area contributed by atoms with Crippen LogP contribution in [0.15, 0.2) is 158 Å². The van der Waals surface area contributed by atoms with Gasteiger partial charge in [0.2, 0.25) is 5.91 Å². The second-order valence-corrected chi connectivity index (χ2v) is 36.2. The Kier molecular flexibility index (Phi) is 24.4. The molecule has 2 saturated heterocycles. The third-order valence-corrected chi connectivity index (χ3v) is 17.1. The van der Waals surface area contributed by atoms with Crippen molar-refractivity contribution in [3.63, 3.8) is 0 Å². The Morgan fingerprint density at radius 1 is 0.494 bits per heavy atom. The average Bonchev–Trinajstić information content (AvgIpc) is 2.31. The molecule has 0 radical (unpaired) electrons. The molecular weight excluding hydrogens is 1170 g/mol. The molecule has 7 atom stereocenters. The standard InChI is InChI=1S/C36H48F2N2O4Si.C35H44F2N2O4Si/c1-36(2,3)43-35(41)40-31(18-19-33(40)42-4)34(44-45(5,6)7)32(22-28-20-29(37)23-30(38)21-28)39(24-26-14-10-8-11-15-26)25-27-16-12-9-13-17-27;1-35(2,3)42-34(41)39-30(17-18-32(39)40)33(43-44(4,5)6)31(21-27-19-28(36)22-29(37)20-27)38(23-25-13-9-7-10-14-25)24-26-15-11-8-12-16-26/h8-17,20-21,23,31-34H,18-19,22,24-25H2,1-7H3;7-16,19-20,22,30-31,33H,17-18,21,23-24H2,1-6H3/t31-,32+,33?,34-;30-,31+,33-/m11/s1. The summed E-state index contributed by atoms with van der Waals surface area (Å²) in [6.45, 7) is 25.5. The predicted molar refractivity (Wildman–Crippen MR) is 346 cm³/mol. The maximum Gasteiger partial charge on any atom is 0.417 e. The van der Waals surface area contributed by atoms with Gasteiger partial charge in [-0.2, -0.15) is 0 Å². The maximum atomic E-state index is 14.6. The van der Waals surface area contributed by atoms with Gasteiger partial charge in [-0.25, -0.2) is 32.1 Å². The molecule has 1 unspecified atom stereocenters. The van der Waals surface area contributed by atoms with Crippen LogP contribution < -0.4 is 0 Å². The van der Waals surface area contributed by atoms with Gasteiger partial charge in [0.1, 0.15) is 40.7 Å². The molecule has 12 nitrogen and oxygen atoms in total. The number of imide groups is 1. The quantitative estimate of drug-likeness (QED) is 0.0454. The van der Waals surface area contributed by atoms with Gasteiger partial charge in [-0.15, -0.1) is 0 Å². The van der Waals surface area contributed by atoms with Crippen LogP contribution in [-0.4, -0.2) is 115 Å². The van der Waals surface area contributed by atoms with Crippen LogP contribution in [0.3, 0.4) is 0 Å². The number of amides is 3. The first kappa shape index (κ1) is 69.9. The third-order valence-electron chi connectivity index (χ3n) is 15.2. The minimum absolute atomic E-state index is 0.175. The first-order valence-electron chi connectivity index (χ1n) is 30.9. The fourth-order valence-electron chi connectivity index (χ4n) is 11.8. The van der Waals surface area contributed by atoms with E-state index in [1.807, 2.05) is 118 Å². The van der Waals surface area contributed by atoms with Gasteiger partial charge in [0.15, 0.2) is 16.6 Å². The minimum Gasteiger partial charge on any atom is -0.444 e. The highest BCUT2D eigenvalue weighted by molar-refractivity contribution is 6.70.